The van der Waals surface area contributed by atoms with Crippen molar-refractivity contribution in [1.29, 1.82) is 5.26 Å². The molecule has 0 saturated carbocycles. The third kappa shape index (κ3) is 4.06. The minimum Gasteiger partial charge on any atom is -0.287 e. The molecule has 0 amide bonds. The second kappa shape index (κ2) is 7.46. The predicted molar refractivity (Wildman–Crippen MR) is 106 cm³/mol. The highest BCUT2D eigenvalue weighted by atomic mass is 35.5. The van der Waals surface area contributed by atoms with Crippen LogP contribution >= 0.6 is 11.6 Å². The third-order valence-corrected chi connectivity index (χ3v) is 4.70. The van der Waals surface area contributed by atoms with Gasteiger partial charge in [0.1, 0.15) is 11.6 Å². The molecule has 9 heteroatoms. The van der Waals surface area contributed by atoms with Gasteiger partial charge in [-0.25, -0.2) is 13.1 Å². The van der Waals surface area contributed by atoms with Crippen molar-refractivity contribution in [2.75, 3.05) is 11.0 Å². The van der Waals surface area contributed by atoms with Gasteiger partial charge in [0.2, 0.25) is 15.8 Å². The van der Waals surface area contributed by atoms with Crippen LogP contribution in [0.1, 0.15) is 27.2 Å². The molecule has 0 spiro atoms. The quantitative estimate of drug-likeness (QED) is 0.645. The Morgan fingerprint density at radius 1 is 1.14 bits per heavy atom. The van der Waals surface area contributed by atoms with Crippen LogP contribution in [0.2, 0.25) is 5.02 Å². The molecule has 0 aliphatic carbocycles. The smallest absolute Gasteiger partial charge is 0.231 e. The number of sulfonamides is 1. The SMILES string of the molecule is Cc1ccc(C(=O)c2nn(-c3ccc(Cl)cc3)c(NS(C)(=O)=O)c2C#N)cc1. The lowest BCUT2D eigenvalue weighted by molar-refractivity contribution is 0.103. The number of nitrogens with one attached hydrogen (secondary N) is 1. The number of anilines is 1. The maximum atomic E-state index is 12.9. The van der Waals surface area contributed by atoms with Crippen LogP contribution in [0, 0.1) is 18.3 Å². The van der Waals surface area contributed by atoms with Gasteiger partial charge in [0.05, 0.1) is 11.9 Å². The summed E-state index contributed by atoms with van der Waals surface area (Å²) >= 11 is 5.90. The Hall–Kier alpha value is -3.15. The number of hydrogen-bond donors (Lipinski definition) is 1. The van der Waals surface area contributed by atoms with Crippen molar-refractivity contribution >= 4 is 33.2 Å². The third-order valence-electron chi connectivity index (χ3n) is 3.88. The molecular formula is C19H15ClN4O3S. The molecule has 1 heterocycles. The molecule has 1 N–H and O–H groups in total. The van der Waals surface area contributed by atoms with Gasteiger partial charge in [-0.1, -0.05) is 41.4 Å². The summed E-state index contributed by atoms with van der Waals surface area (Å²) in [7, 11) is -3.73. The van der Waals surface area contributed by atoms with E-state index in [9.17, 15) is 18.5 Å². The number of aromatic nitrogens is 2. The van der Waals surface area contributed by atoms with Gasteiger partial charge < -0.3 is 0 Å². The van der Waals surface area contributed by atoms with Crippen molar-refractivity contribution in [2.24, 2.45) is 0 Å². The number of rotatable bonds is 5. The first kappa shape index (κ1) is 19.6. The molecule has 1 aromatic heterocycles. The zero-order chi connectivity index (χ0) is 20.5. The molecule has 0 fully saturated rings. The highest BCUT2D eigenvalue weighted by molar-refractivity contribution is 7.92. The summed E-state index contributed by atoms with van der Waals surface area (Å²) in [6.45, 7) is 1.89. The molecule has 0 saturated heterocycles. The summed E-state index contributed by atoms with van der Waals surface area (Å²) in [6.07, 6.45) is 0.953. The maximum Gasteiger partial charge on any atom is 0.231 e. The average molecular weight is 415 g/mol. The molecule has 7 nitrogen and oxygen atoms in total. The number of carbonyl (C=O) groups excluding carboxylic acids is 1. The normalized spacial score (nSPS) is 11.1. The van der Waals surface area contributed by atoms with Crippen molar-refractivity contribution in [3.8, 4) is 11.8 Å². The summed E-state index contributed by atoms with van der Waals surface area (Å²) in [5.74, 6) is -0.594. The number of benzene rings is 2. The Bertz CT molecular complexity index is 1190. The molecule has 3 aromatic rings. The molecule has 0 unspecified atom stereocenters. The van der Waals surface area contributed by atoms with Crippen LogP contribution in [-0.2, 0) is 10.0 Å². The predicted octanol–water partition coefficient (Wildman–Crippen LogP) is 3.31. The van der Waals surface area contributed by atoms with Gasteiger partial charge in [0.15, 0.2) is 11.5 Å². The van der Waals surface area contributed by atoms with Gasteiger partial charge in [0, 0.05) is 10.6 Å². The first-order valence-corrected chi connectivity index (χ1v) is 10.3. The van der Waals surface area contributed by atoms with Crippen LogP contribution in [0.15, 0.2) is 48.5 Å². The van der Waals surface area contributed by atoms with Crippen LogP contribution in [0.4, 0.5) is 5.82 Å². The van der Waals surface area contributed by atoms with Crippen LogP contribution in [-0.4, -0.2) is 30.2 Å². The summed E-state index contributed by atoms with van der Waals surface area (Å²) in [4.78, 5) is 12.9. The van der Waals surface area contributed by atoms with E-state index in [1.165, 1.54) is 4.68 Å². The molecule has 28 heavy (non-hydrogen) atoms. The number of ketones is 1. The van der Waals surface area contributed by atoms with Gasteiger partial charge >= 0.3 is 0 Å². The van der Waals surface area contributed by atoms with Gasteiger partial charge in [0.25, 0.3) is 0 Å². The molecule has 2 aromatic carbocycles. The van der Waals surface area contributed by atoms with E-state index in [1.807, 2.05) is 13.0 Å². The van der Waals surface area contributed by atoms with E-state index in [-0.39, 0.29) is 17.1 Å². The van der Waals surface area contributed by atoms with E-state index < -0.39 is 15.8 Å². The summed E-state index contributed by atoms with van der Waals surface area (Å²) in [5, 5.41) is 14.3. The van der Waals surface area contributed by atoms with Gasteiger partial charge in [-0.3, -0.25) is 9.52 Å². The summed E-state index contributed by atoms with van der Waals surface area (Å²) in [6, 6.07) is 15.1. The molecule has 0 aliphatic rings. The molecule has 0 radical (unpaired) electrons. The number of halogens is 1. The minimum absolute atomic E-state index is 0.109. The number of nitrogens with zero attached hydrogens (tertiary/aromatic N) is 3. The van der Waals surface area contributed by atoms with Crippen molar-refractivity contribution < 1.29 is 13.2 Å². The Labute approximate surface area is 167 Å². The largest absolute Gasteiger partial charge is 0.287 e. The molecule has 3 rings (SSSR count). The average Bonchev–Trinajstić information content (AvgIpc) is 2.99. The second-order valence-electron chi connectivity index (χ2n) is 6.14. The zero-order valence-corrected chi connectivity index (χ0v) is 16.5. The van der Waals surface area contributed by atoms with Crippen molar-refractivity contribution in [2.45, 2.75) is 6.92 Å². The first-order chi connectivity index (χ1) is 13.2. The molecule has 142 valence electrons. The number of carbonyl (C=O) groups is 1. The van der Waals surface area contributed by atoms with E-state index in [2.05, 4.69) is 9.82 Å². The summed E-state index contributed by atoms with van der Waals surface area (Å²) < 4.78 is 27.1. The maximum absolute atomic E-state index is 12.9. The Kier molecular flexibility index (Phi) is 5.23. The fourth-order valence-corrected chi connectivity index (χ4v) is 3.23. The fourth-order valence-electron chi connectivity index (χ4n) is 2.56. The lowest BCUT2D eigenvalue weighted by atomic mass is 10.0. The van der Waals surface area contributed by atoms with Crippen LogP contribution < -0.4 is 4.72 Å². The molecular weight excluding hydrogens is 400 g/mol. The van der Waals surface area contributed by atoms with E-state index >= 15 is 0 Å². The monoisotopic (exact) mass is 414 g/mol. The Balaban J connectivity index is 2.22. The van der Waals surface area contributed by atoms with Gasteiger partial charge in [-0.15, -0.1) is 0 Å². The van der Waals surface area contributed by atoms with Crippen molar-refractivity contribution in [1.82, 2.24) is 9.78 Å². The minimum atomic E-state index is -3.73. The van der Waals surface area contributed by atoms with Crippen molar-refractivity contribution in [3.05, 3.63) is 75.9 Å². The first-order valence-electron chi connectivity index (χ1n) is 8.08. The van der Waals surface area contributed by atoms with Crippen molar-refractivity contribution in [3.63, 3.8) is 0 Å². The van der Waals surface area contributed by atoms with E-state index in [1.54, 1.807) is 48.5 Å². The number of nitriles is 1. The lowest BCUT2D eigenvalue weighted by Crippen LogP contribution is -2.14. The molecule has 0 aliphatic heterocycles. The van der Waals surface area contributed by atoms with Gasteiger partial charge in [-0.2, -0.15) is 10.4 Å². The topological polar surface area (TPSA) is 105 Å². The summed E-state index contributed by atoms with van der Waals surface area (Å²) in [5.41, 5.74) is 1.45. The molecule has 0 bridgehead atoms. The van der Waals surface area contributed by atoms with E-state index in [0.717, 1.165) is 11.8 Å². The van der Waals surface area contributed by atoms with Crippen LogP contribution in [0.3, 0.4) is 0 Å². The number of hydrogen-bond acceptors (Lipinski definition) is 5. The van der Waals surface area contributed by atoms with E-state index in [0.29, 0.717) is 16.3 Å². The van der Waals surface area contributed by atoms with Gasteiger partial charge in [-0.05, 0) is 31.2 Å². The van der Waals surface area contributed by atoms with Crippen LogP contribution in [0.25, 0.3) is 5.69 Å². The number of aryl methyl sites for hydroxylation is 1. The zero-order valence-electron chi connectivity index (χ0n) is 15.0. The van der Waals surface area contributed by atoms with E-state index in [4.69, 9.17) is 11.6 Å². The Morgan fingerprint density at radius 3 is 2.29 bits per heavy atom. The van der Waals surface area contributed by atoms with Crippen LogP contribution in [0.5, 0.6) is 0 Å². The fraction of sp³-hybridized carbons (Fsp3) is 0.105. The highest BCUT2D eigenvalue weighted by Gasteiger charge is 2.26. The highest BCUT2D eigenvalue weighted by Crippen LogP contribution is 2.27. The standard InChI is InChI=1S/C19H15ClN4O3S/c1-12-3-5-13(6-4-12)18(25)17-16(11-21)19(23-28(2,26)27)24(22-17)15-9-7-14(20)8-10-15/h3-10,23H,1-2H3. The second-order valence-corrected chi connectivity index (χ2v) is 8.33. The Morgan fingerprint density at radius 2 is 1.75 bits per heavy atom. The lowest BCUT2D eigenvalue weighted by Gasteiger charge is -2.08. The molecule has 0 atom stereocenters.